The van der Waals surface area contributed by atoms with Crippen LogP contribution < -0.4 is 9.80 Å². The molecule has 3 aromatic heterocycles. The molecule has 0 radical (unpaired) electrons. The fourth-order valence-electron chi connectivity index (χ4n) is 4.83. The summed E-state index contributed by atoms with van der Waals surface area (Å²) in [6.07, 6.45) is 10.5. The van der Waals surface area contributed by atoms with Crippen LogP contribution >= 0.6 is 0 Å². The van der Waals surface area contributed by atoms with Crippen LogP contribution in [0, 0.1) is 0 Å². The van der Waals surface area contributed by atoms with Crippen LogP contribution in [-0.4, -0.2) is 46.1 Å². The standard InChI is InChI=1S/C25H24N6/c1-2-4-23-19(3-1)13-22(14-29-23)31-16-21(17-31)24-25(28-11-10-27-24)30-12-7-20(15-30)18-5-8-26-9-6-18/h1-6,8-11,13-14,20-21H,7,12,15-17H2. The SMILES string of the molecule is c1ccc2ncc(N3CC(c4nccnc4N4CCC(c5ccncc5)C4)C3)cc2c1. The highest BCUT2D eigenvalue weighted by Crippen LogP contribution is 2.37. The van der Waals surface area contributed by atoms with E-state index >= 15 is 0 Å². The third-order valence-electron chi connectivity index (χ3n) is 6.58. The molecule has 5 heterocycles. The fourth-order valence-corrected chi connectivity index (χ4v) is 4.83. The number of fused-ring (bicyclic) bond motifs is 1. The number of pyridine rings is 2. The molecule has 0 spiro atoms. The number of nitrogens with zero attached hydrogens (tertiary/aromatic N) is 6. The van der Waals surface area contributed by atoms with E-state index in [1.807, 2.05) is 37.1 Å². The zero-order valence-electron chi connectivity index (χ0n) is 17.3. The van der Waals surface area contributed by atoms with Crippen molar-refractivity contribution in [3.63, 3.8) is 0 Å². The topological polar surface area (TPSA) is 58.0 Å². The highest BCUT2D eigenvalue weighted by Gasteiger charge is 2.34. The zero-order valence-corrected chi connectivity index (χ0v) is 17.3. The van der Waals surface area contributed by atoms with Gasteiger partial charge < -0.3 is 9.80 Å². The summed E-state index contributed by atoms with van der Waals surface area (Å²) in [5.41, 5.74) is 4.71. The second kappa shape index (κ2) is 7.61. The van der Waals surface area contributed by atoms with Crippen molar-refractivity contribution in [3.05, 3.63) is 84.7 Å². The van der Waals surface area contributed by atoms with Gasteiger partial charge in [0.25, 0.3) is 0 Å². The van der Waals surface area contributed by atoms with Gasteiger partial charge >= 0.3 is 0 Å². The van der Waals surface area contributed by atoms with E-state index in [0.717, 1.165) is 49.6 Å². The molecule has 2 fully saturated rings. The maximum atomic E-state index is 4.76. The van der Waals surface area contributed by atoms with Crippen LogP contribution in [0.3, 0.4) is 0 Å². The first-order valence-electron chi connectivity index (χ1n) is 10.9. The van der Waals surface area contributed by atoms with Gasteiger partial charge in [-0.2, -0.15) is 0 Å². The smallest absolute Gasteiger partial charge is 0.150 e. The third-order valence-corrected chi connectivity index (χ3v) is 6.58. The summed E-state index contributed by atoms with van der Waals surface area (Å²) in [4.78, 5) is 23.1. The molecule has 6 heteroatoms. The summed E-state index contributed by atoms with van der Waals surface area (Å²) in [5.74, 6) is 1.98. The van der Waals surface area contributed by atoms with E-state index in [0.29, 0.717) is 11.8 Å². The van der Waals surface area contributed by atoms with Crippen molar-refractivity contribution in [2.24, 2.45) is 0 Å². The minimum atomic E-state index is 0.398. The molecule has 0 N–H and O–H groups in total. The Labute approximate surface area is 181 Å². The first-order valence-corrected chi connectivity index (χ1v) is 10.9. The average molecular weight is 409 g/mol. The first kappa shape index (κ1) is 18.2. The van der Waals surface area contributed by atoms with Crippen LogP contribution in [-0.2, 0) is 0 Å². The van der Waals surface area contributed by atoms with E-state index in [1.54, 1.807) is 0 Å². The monoisotopic (exact) mass is 408 g/mol. The number of para-hydroxylation sites is 1. The van der Waals surface area contributed by atoms with Gasteiger partial charge in [0, 0.05) is 68.2 Å². The Bertz CT molecular complexity index is 1200. The second-order valence-electron chi connectivity index (χ2n) is 8.47. The van der Waals surface area contributed by atoms with E-state index < -0.39 is 0 Å². The molecule has 154 valence electrons. The minimum Gasteiger partial charge on any atom is -0.369 e. The lowest BCUT2D eigenvalue weighted by Crippen LogP contribution is -2.46. The zero-order chi connectivity index (χ0) is 20.6. The van der Waals surface area contributed by atoms with E-state index in [4.69, 9.17) is 9.97 Å². The highest BCUT2D eigenvalue weighted by molar-refractivity contribution is 5.81. The fraction of sp³-hybridized carbons (Fsp3) is 0.280. The number of hydrogen-bond donors (Lipinski definition) is 0. The van der Waals surface area contributed by atoms with E-state index in [1.165, 1.54) is 16.6 Å². The number of aromatic nitrogens is 4. The second-order valence-corrected chi connectivity index (χ2v) is 8.47. The van der Waals surface area contributed by atoms with Gasteiger partial charge in [-0.05, 0) is 36.2 Å². The molecular weight excluding hydrogens is 384 g/mol. The van der Waals surface area contributed by atoms with Gasteiger partial charge in [-0.25, -0.2) is 4.98 Å². The van der Waals surface area contributed by atoms with E-state index in [-0.39, 0.29) is 0 Å². The van der Waals surface area contributed by atoms with Crippen LogP contribution in [0.5, 0.6) is 0 Å². The summed E-state index contributed by atoms with van der Waals surface area (Å²) >= 11 is 0. The van der Waals surface area contributed by atoms with Crippen molar-refractivity contribution in [1.29, 1.82) is 0 Å². The van der Waals surface area contributed by atoms with Gasteiger partial charge in [0.05, 0.1) is 23.1 Å². The van der Waals surface area contributed by atoms with Crippen molar-refractivity contribution in [2.75, 3.05) is 36.0 Å². The molecule has 2 aliphatic heterocycles. The molecule has 0 aliphatic carbocycles. The highest BCUT2D eigenvalue weighted by atomic mass is 15.2. The van der Waals surface area contributed by atoms with Crippen molar-refractivity contribution in [3.8, 4) is 0 Å². The number of rotatable bonds is 4. The van der Waals surface area contributed by atoms with E-state index in [2.05, 4.69) is 56.2 Å². The lowest BCUT2D eigenvalue weighted by atomic mass is 9.94. The van der Waals surface area contributed by atoms with Gasteiger partial charge in [-0.15, -0.1) is 0 Å². The molecule has 6 rings (SSSR count). The molecule has 0 saturated carbocycles. The largest absolute Gasteiger partial charge is 0.369 e. The van der Waals surface area contributed by atoms with Gasteiger partial charge in [0.1, 0.15) is 0 Å². The normalized spacial score (nSPS) is 19.0. The van der Waals surface area contributed by atoms with Gasteiger partial charge in [0.2, 0.25) is 0 Å². The van der Waals surface area contributed by atoms with Crippen molar-refractivity contribution in [2.45, 2.75) is 18.3 Å². The number of benzene rings is 1. The van der Waals surface area contributed by atoms with Crippen LogP contribution in [0.4, 0.5) is 11.5 Å². The average Bonchev–Trinajstić information content (AvgIpc) is 3.29. The summed E-state index contributed by atoms with van der Waals surface area (Å²) in [6.45, 7) is 3.91. The Morgan fingerprint density at radius 1 is 0.774 bits per heavy atom. The van der Waals surface area contributed by atoms with Crippen molar-refractivity contribution in [1.82, 2.24) is 19.9 Å². The van der Waals surface area contributed by atoms with Crippen LogP contribution in [0.15, 0.2) is 73.4 Å². The molecule has 1 unspecified atom stereocenters. The number of hydrogen-bond acceptors (Lipinski definition) is 6. The summed E-state index contributed by atoms with van der Waals surface area (Å²) in [7, 11) is 0. The maximum absolute atomic E-state index is 4.76. The lowest BCUT2D eigenvalue weighted by molar-refractivity contribution is 0.511. The molecule has 31 heavy (non-hydrogen) atoms. The first-order chi connectivity index (χ1) is 15.3. The molecule has 4 aromatic rings. The maximum Gasteiger partial charge on any atom is 0.150 e. The Kier molecular flexibility index (Phi) is 4.48. The molecule has 1 aromatic carbocycles. The molecule has 2 aliphatic rings. The minimum absolute atomic E-state index is 0.398. The summed E-state index contributed by atoms with van der Waals surface area (Å²) < 4.78 is 0. The summed E-state index contributed by atoms with van der Waals surface area (Å²) in [5, 5.41) is 1.18. The molecule has 1 atom stereocenters. The molecule has 0 bridgehead atoms. The Morgan fingerprint density at radius 2 is 1.58 bits per heavy atom. The molecule has 6 nitrogen and oxygen atoms in total. The Hall–Kier alpha value is -3.54. The van der Waals surface area contributed by atoms with Crippen LogP contribution in [0.1, 0.15) is 29.5 Å². The van der Waals surface area contributed by atoms with Crippen molar-refractivity contribution >= 4 is 22.4 Å². The lowest BCUT2D eigenvalue weighted by Gasteiger charge is -2.41. The van der Waals surface area contributed by atoms with Crippen molar-refractivity contribution < 1.29 is 0 Å². The number of anilines is 2. The quantitative estimate of drug-likeness (QED) is 0.508. The van der Waals surface area contributed by atoms with Gasteiger partial charge in [-0.3, -0.25) is 15.0 Å². The molecule has 2 saturated heterocycles. The molecular formula is C25H24N6. The van der Waals surface area contributed by atoms with Gasteiger partial charge in [-0.1, -0.05) is 18.2 Å². The van der Waals surface area contributed by atoms with Gasteiger partial charge in [0.15, 0.2) is 5.82 Å². The Morgan fingerprint density at radius 3 is 2.48 bits per heavy atom. The summed E-state index contributed by atoms with van der Waals surface area (Å²) in [6, 6.07) is 14.8. The third kappa shape index (κ3) is 3.38. The molecule has 0 amide bonds. The van der Waals surface area contributed by atoms with E-state index in [9.17, 15) is 0 Å². The van der Waals surface area contributed by atoms with Crippen LogP contribution in [0.2, 0.25) is 0 Å². The predicted molar refractivity (Wildman–Crippen MR) is 123 cm³/mol. The Balaban J connectivity index is 1.18. The predicted octanol–water partition coefficient (Wildman–Crippen LogP) is 4.02. The van der Waals surface area contributed by atoms with Crippen LogP contribution in [0.25, 0.3) is 10.9 Å².